The summed E-state index contributed by atoms with van der Waals surface area (Å²) in [7, 11) is 0. The number of carboxylic acids is 1. The molecule has 1 heterocycles. The average molecular weight is 346 g/mol. The van der Waals surface area contributed by atoms with Crippen molar-refractivity contribution in [1.29, 1.82) is 0 Å². The summed E-state index contributed by atoms with van der Waals surface area (Å²) in [4.78, 5) is 22.2. The number of aliphatic hydroxyl groups is 1. The van der Waals surface area contributed by atoms with Crippen LogP contribution >= 0.6 is 0 Å². The number of rotatable bonds is 5. The molecule has 24 heavy (non-hydrogen) atoms. The quantitative estimate of drug-likeness (QED) is 0.440. The van der Waals surface area contributed by atoms with Gasteiger partial charge in [-0.25, -0.2) is 18.0 Å². The standard InChI is InChI=1S/C14H13F3N2O5/c15-6-1-5(2-7(16)11(6)17)8(18)4-19-12-13(22)9(3-10(20)21)24-14(12)23/h1-2,4,9,12-13,19,22H,3,18H2,(H,20,21)/b8-4-. The second-order valence-electron chi connectivity index (χ2n) is 5.06. The third-order valence-corrected chi connectivity index (χ3v) is 3.36. The van der Waals surface area contributed by atoms with Gasteiger partial charge < -0.3 is 26.0 Å². The van der Waals surface area contributed by atoms with Gasteiger partial charge in [-0.05, 0) is 12.1 Å². The molecule has 3 atom stereocenters. The molecule has 0 saturated carbocycles. The van der Waals surface area contributed by atoms with E-state index in [2.05, 4.69) is 5.32 Å². The van der Waals surface area contributed by atoms with Crippen molar-refractivity contribution in [2.24, 2.45) is 5.73 Å². The Kier molecular flexibility index (Phi) is 4.98. The number of cyclic esters (lactones) is 1. The van der Waals surface area contributed by atoms with Crippen LogP contribution in [0.15, 0.2) is 18.3 Å². The van der Waals surface area contributed by atoms with Gasteiger partial charge in [0, 0.05) is 11.8 Å². The molecule has 1 aliphatic heterocycles. The number of nitrogens with one attached hydrogen (secondary N) is 1. The third kappa shape index (κ3) is 3.59. The van der Waals surface area contributed by atoms with Gasteiger partial charge >= 0.3 is 11.9 Å². The van der Waals surface area contributed by atoms with Crippen LogP contribution in [0, 0.1) is 17.5 Å². The first-order valence-corrected chi connectivity index (χ1v) is 6.67. The summed E-state index contributed by atoms with van der Waals surface area (Å²) in [5.74, 6) is -6.70. The number of halogens is 3. The number of aliphatic hydroxyl groups excluding tert-OH is 1. The summed E-state index contributed by atoms with van der Waals surface area (Å²) in [6.45, 7) is 0. The van der Waals surface area contributed by atoms with Crippen molar-refractivity contribution in [3.05, 3.63) is 41.3 Å². The molecule has 5 N–H and O–H groups in total. The van der Waals surface area contributed by atoms with E-state index >= 15 is 0 Å². The molecule has 1 aromatic rings. The van der Waals surface area contributed by atoms with Crippen LogP contribution in [0.5, 0.6) is 0 Å². The molecule has 0 bridgehead atoms. The van der Waals surface area contributed by atoms with Crippen molar-refractivity contribution in [2.75, 3.05) is 0 Å². The fraction of sp³-hybridized carbons (Fsp3) is 0.286. The van der Waals surface area contributed by atoms with Crippen LogP contribution in [0.4, 0.5) is 13.2 Å². The number of ether oxygens (including phenoxy) is 1. The van der Waals surface area contributed by atoms with Gasteiger partial charge in [-0.2, -0.15) is 0 Å². The minimum Gasteiger partial charge on any atom is -0.481 e. The van der Waals surface area contributed by atoms with E-state index in [0.29, 0.717) is 12.1 Å². The molecule has 10 heteroatoms. The average Bonchev–Trinajstić information content (AvgIpc) is 2.75. The first-order valence-electron chi connectivity index (χ1n) is 6.67. The molecule has 7 nitrogen and oxygen atoms in total. The lowest BCUT2D eigenvalue weighted by Gasteiger charge is -2.14. The topological polar surface area (TPSA) is 122 Å². The van der Waals surface area contributed by atoms with Crippen molar-refractivity contribution >= 4 is 17.6 Å². The first kappa shape index (κ1) is 17.6. The molecular formula is C14H13F3N2O5. The number of carbonyl (C=O) groups excluding carboxylic acids is 1. The van der Waals surface area contributed by atoms with E-state index in [4.69, 9.17) is 15.6 Å². The van der Waals surface area contributed by atoms with Gasteiger partial charge in [0.05, 0.1) is 12.1 Å². The summed E-state index contributed by atoms with van der Waals surface area (Å²) in [6, 6.07) is 0.00789. The molecule has 3 unspecified atom stereocenters. The molecular weight excluding hydrogens is 333 g/mol. The normalized spacial score (nSPS) is 23.9. The van der Waals surface area contributed by atoms with E-state index in [-0.39, 0.29) is 11.3 Å². The van der Waals surface area contributed by atoms with Crippen molar-refractivity contribution in [3.63, 3.8) is 0 Å². The summed E-state index contributed by atoms with van der Waals surface area (Å²) < 4.78 is 43.9. The van der Waals surface area contributed by atoms with Crippen LogP contribution in [-0.4, -0.2) is 40.4 Å². The zero-order valence-corrected chi connectivity index (χ0v) is 12.0. The van der Waals surface area contributed by atoms with E-state index in [9.17, 15) is 27.9 Å². The molecule has 1 aromatic carbocycles. The molecule has 0 amide bonds. The Morgan fingerprint density at radius 3 is 2.46 bits per heavy atom. The highest BCUT2D eigenvalue weighted by molar-refractivity contribution is 5.81. The Morgan fingerprint density at radius 1 is 1.33 bits per heavy atom. The second-order valence-corrected chi connectivity index (χ2v) is 5.06. The number of hydrogen-bond acceptors (Lipinski definition) is 6. The van der Waals surface area contributed by atoms with E-state index in [1.165, 1.54) is 0 Å². The van der Waals surface area contributed by atoms with Gasteiger partial charge in [-0.1, -0.05) is 0 Å². The largest absolute Gasteiger partial charge is 0.481 e. The van der Waals surface area contributed by atoms with Crippen molar-refractivity contribution in [1.82, 2.24) is 5.32 Å². The summed E-state index contributed by atoms with van der Waals surface area (Å²) >= 11 is 0. The van der Waals surface area contributed by atoms with Crippen LogP contribution in [0.25, 0.3) is 5.70 Å². The Hall–Kier alpha value is -2.75. The zero-order valence-electron chi connectivity index (χ0n) is 12.0. The smallest absolute Gasteiger partial charge is 0.331 e. The number of carbonyl (C=O) groups is 2. The van der Waals surface area contributed by atoms with E-state index in [1.807, 2.05) is 0 Å². The van der Waals surface area contributed by atoms with Crippen LogP contribution in [0.3, 0.4) is 0 Å². The van der Waals surface area contributed by atoms with E-state index in [0.717, 1.165) is 6.20 Å². The lowest BCUT2D eigenvalue weighted by Crippen LogP contribution is -2.41. The number of carboxylic acid groups (broad SMARTS) is 1. The lowest BCUT2D eigenvalue weighted by atomic mass is 10.1. The Morgan fingerprint density at radius 2 is 1.92 bits per heavy atom. The first-order chi connectivity index (χ1) is 11.2. The van der Waals surface area contributed by atoms with E-state index < -0.39 is 54.1 Å². The molecule has 130 valence electrons. The second kappa shape index (κ2) is 6.79. The van der Waals surface area contributed by atoms with Crippen molar-refractivity contribution < 1.29 is 37.7 Å². The minimum absolute atomic E-state index is 0.193. The molecule has 2 rings (SSSR count). The molecule has 0 aromatic heterocycles. The fourth-order valence-corrected chi connectivity index (χ4v) is 2.13. The monoisotopic (exact) mass is 346 g/mol. The fourth-order valence-electron chi connectivity index (χ4n) is 2.13. The summed E-state index contributed by atoms with van der Waals surface area (Å²) in [6.07, 6.45) is -2.30. The van der Waals surface area contributed by atoms with Gasteiger partial charge in [0.2, 0.25) is 0 Å². The SMILES string of the molecule is N/C(=C\NC1C(=O)OC(CC(=O)O)C1O)c1cc(F)c(F)c(F)c1. The van der Waals surface area contributed by atoms with Gasteiger partial charge in [0.25, 0.3) is 0 Å². The van der Waals surface area contributed by atoms with Gasteiger partial charge in [0.15, 0.2) is 23.5 Å². The maximum absolute atomic E-state index is 13.2. The highest BCUT2D eigenvalue weighted by atomic mass is 19.2. The van der Waals surface area contributed by atoms with Crippen LogP contribution in [-0.2, 0) is 14.3 Å². The highest BCUT2D eigenvalue weighted by Crippen LogP contribution is 2.20. The Balaban J connectivity index is 2.12. The zero-order chi connectivity index (χ0) is 18.0. The number of nitrogens with two attached hydrogens (primary N) is 1. The maximum atomic E-state index is 13.2. The predicted octanol–water partition coefficient (Wildman–Crippen LogP) is 0.0802. The third-order valence-electron chi connectivity index (χ3n) is 3.36. The van der Waals surface area contributed by atoms with Crippen LogP contribution < -0.4 is 11.1 Å². The highest BCUT2D eigenvalue weighted by Gasteiger charge is 2.44. The molecule has 0 radical (unpaired) electrons. The van der Waals surface area contributed by atoms with Crippen LogP contribution in [0.1, 0.15) is 12.0 Å². The predicted molar refractivity (Wildman–Crippen MR) is 73.5 cm³/mol. The summed E-state index contributed by atoms with van der Waals surface area (Å²) in [5.41, 5.74) is 5.15. The minimum atomic E-state index is -1.65. The number of benzene rings is 1. The van der Waals surface area contributed by atoms with Gasteiger partial charge in [0.1, 0.15) is 12.2 Å². The lowest BCUT2D eigenvalue weighted by molar-refractivity contribution is -0.147. The number of esters is 1. The molecule has 1 fully saturated rings. The Labute approximate surface area is 133 Å². The van der Waals surface area contributed by atoms with Crippen LogP contribution in [0.2, 0.25) is 0 Å². The number of aliphatic carboxylic acids is 1. The van der Waals surface area contributed by atoms with Gasteiger partial charge in [-0.3, -0.25) is 4.79 Å². The molecule has 1 aliphatic rings. The Bertz CT molecular complexity index is 687. The molecule has 1 saturated heterocycles. The summed E-state index contributed by atoms with van der Waals surface area (Å²) in [5, 5.41) is 20.9. The maximum Gasteiger partial charge on any atom is 0.331 e. The van der Waals surface area contributed by atoms with Crippen molar-refractivity contribution in [3.8, 4) is 0 Å². The molecule has 0 spiro atoms. The molecule has 0 aliphatic carbocycles. The van der Waals surface area contributed by atoms with Gasteiger partial charge in [-0.15, -0.1) is 0 Å². The van der Waals surface area contributed by atoms with Crippen molar-refractivity contribution in [2.45, 2.75) is 24.7 Å². The number of hydrogen-bond donors (Lipinski definition) is 4. The van der Waals surface area contributed by atoms with E-state index in [1.54, 1.807) is 0 Å².